The van der Waals surface area contributed by atoms with Crippen molar-refractivity contribution >= 4 is 17.6 Å². The molecule has 1 unspecified atom stereocenters. The molecule has 5 heteroatoms. The number of carbonyl (C=O) groups is 2. The molecule has 0 bridgehead atoms. The summed E-state index contributed by atoms with van der Waals surface area (Å²) in [7, 11) is 0. The maximum Gasteiger partial charge on any atom is 0.311 e. The van der Waals surface area contributed by atoms with Crippen LogP contribution < -0.4 is 5.73 Å². The number of benzene rings is 1. The van der Waals surface area contributed by atoms with Gasteiger partial charge in [0.2, 0.25) is 0 Å². The number of carboxylic acids is 1. The average Bonchev–Trinajstić information content (AvgIpc) is 2.83. The van der Waals surface area contributed by atoms with Gasteiger partial charge in [0, 0.05) is 24.3 Å². The number of carbonyl (C=O) groups excluding carboxylic acids is 1. The Kier molecular flexibility index (Phi) is 3.46. The molecule has 0 spiro atoms. The van der Waals surface area contributed by atoms with E-state index < -0.39 is 11.4 Å². The van der Waals surface area contributed by atoms with Gasteiger partial charge in [-0.25, -0.2) is 0 Å². The van der Waals surface area contributed by atoms with Crippen molar-refractivity contribution in [2.24, 2.45) is 5.41 Å². The maximum absolute atomic E-state index is 12.3. The molecule has 0 aromatic heterocycles. The molecule has 102 valence electrons. The van der Waals surface area contributed by atoms with Gasteiger partial charge in [-0.3, -0.25) is 9.59 Å². The SMILES string of the molecule is CCC1(C(=O)O)CCN(C(=O)c2cccc(N)c2)C1. The van der Waals surface area contributed by atoms with Crippen LogP contribution in [0.25, 0.3) is 0 Å². The zero-order chi connectivity index (χ0) is 14.0. The minimum atomic E-state index is -0.821. The number of nitrogens with zero attached hydrogens (tertiary/aromatic N) is 1. The summed E-state index contributed by atoms with van der Waals surface area (Å²) in [6.07, 6.45) is 1.04. The van der Waals surface area contributed by atoms with E-state index in [-0.39, 0.29) is 12.5 Å². The van der Waals surface area contributed by atoms with Gasteiger partial charge in [0.1, 0.15) is 0 Å². The zero-order valence-corrected chi connectivity index (χ0v) is 10.9. The number of anilines is 1. The number of hydrogen-bond donors (Lipinski definition) is 2. The standard InChI is InChI=1S/C14H18N2O3/c1-2-14(13(18)19)6-7-16(9-14)12(17)10-4-3-5-11(15)8-10/h3-5,8H,2,6-7,9,15H2,1H3,(H,18,19). The summed E-state index contributed by atoms with van der Waals surface area (Å²) in [5.74, 6) is -0.971. The number of rotatable bonds is 3. The van der Waals surface area contributed by atoms with Crippen molar-refractivity contribution in [3.63, 3.8) is 0 Å². The summed E-state index contributed by atoms with van der Waals surface area (Å²) in [6.45, 7) is 2.60. The molecule has 0 aliphatic carbocycles. The molecule has 1 aromatic carbocycles. The Morgan fingerprint density at radius 1 is 1.47 bits per heavy atom. The van der Waals surface area contributed by atoms with Gasteiger partial charge in [-0.05, 0) is 31.0 Å². The number of likely N-dealkylation sites (tertiary alicyclic amines) is 1. The third kappa shape index (κ3) is 2.41. The van der Waals surface area contributed by atoms with Crippen molar-refractivity contribution < 1.29 is 14.7 Å². The Bertz CT molecular complexity index is 515. The third-order valence-corrected chi connectivity index (χ3v) is 3.91. The van der Waals surface area contributed by atoms with Crippen LogP contribution in [0.4, 0.5) is 5.69 Å². The van der Waals surface area contributed by atoms with Crippen molar-refractivity contribution in [2.45, 2.75) is 19.8 Å². The van der Waals surface area contributed by atoms with Crippen molar-refractivity contribution in [3.05, 3.63) is 29.8 Å². The Balaban J connectivity index is 2.17. The highest BCUT2D eigenvalue weighted by Gasteiger charge is 2.44. The lowest BCUT2D eigenvalue weighted by atomic mass is 9.84. The van der Waals surface area contributed by atoms with Gasteiger partial charge in [-0.1, -0.05) is 13.0 Å². The molecule has 1 atom stereocenters. The molecule has 1 aromatic rings. The molecule has 5 nitrogen and oxygen atoms in total. The van der Waals surface area contributed by atoms with Crippen LogP contribution >= 0.6 is 0 Å². The van der Waals surface area contributed by atoms with Crippen LogP contribution in [0.2, 0.25) is 0 Å². The third-order valence-electron chi connectivity index (χ3n) is 3.91. The lowest BCUT2D eigenvalue weighted by Gasteiger charge is -2.23. The molecule has 1 saturated heterocycles. The van der Waals surface area contributed by atoms with Crippen molar-refractivity contribution in [1.82, 2.24) is 4.90 Å². The number of hydrogen-bond acceptors (Lipinski definition) is 3. The topological polar surface area (TPSA) is 83.6 Å². The first-order valence-electron chi connectivity index (χ1n) is 6.37. The summed E-state index contributed by atoms with van der Waals surface area (Å²) in [6, 6.07) is 6.76. The number of aliphatic carboxylic acids is 1. The molecule has 0 radical (unpaired) electrons. The first-order valence-corrected chi connectivity index (χ1v) is 6.37. The molecular formula is C14H18N2O3. The van der Waals surface area contributed by atoms with Gasteiger partial charge in [0.25, 0.3) is 5.91 Å². The normalized spacial score (nSPS) is 22.5. The van der Waals surface area contributed by atoms with Crippen LogP contribution in [0, 0.1) is 5.41 Å². The maximum atomic E-state index is 12.3. The summed E-state index contributed by atoms with van der Waals surface area (Å²) >= 11 is 0. The summed E-state index contributed by atoms with van der Waals surface area (Å²) < 4.78 is 0. The number of carboxylic acid groups (broad SMARTS) is 1. The number of amides is 1. The summed E-state index contributed by atoms with van der Waals surface area (Å²) in [5.41, 5.74) is 5.91. The van der Waals surface area contributed by atoms with Crippen LogP contribution in [0.3, 0.4) is 0 Å². The second kappa shape index (κ2) is 4.91. The van der Waals surface area contributed by atoms with Crippen LogP contribution in [0.15, 0.2) is 24.3 Å². The van der Waals surface area contributed by atoms with Gasteiger partial charge in [-0.2, -0.15) is 0 Å². The molecule has 1 fully saturated rings. The Morgan fingerprint density at radius 3 is 2.74 bits per heavy atom. The van der Waals surface area contributed by atoms with Crippen molar-refractivity contribution in [2.75, 3.05) is 18.8 Å². The number of nitrogen functional groups attached to an aromatic ring is 1. The first-order chi connectivity index (χ1) is 8.98. The highest BCUT2D eigenvalue weighted by molar-refractivity contribution is 5.95. The van der Waals surface area contributed by atoms with Crippen LogP contribution in [0.1, 0.15) is 30.1 Å². The van der Waals surface area contributed by atoms with E-state index in [1.807, 2.05) is 6.92 Å². The Morgan fingerprint density at radius 2 is 2.21 bits per heavy atom. The Hall–Kier alpha value is -2.04. The molecule has 1 amide bonds. The minimum absolute atomic E-state index is 0.149. The lowest BCUT2D eigenvalue weighted by Crippen LogP contribution is -2.36. The molecule has 1 heterocycles. The highest BCUT2D eigenvalue weighted by atomic mass is 16.4. The summed E-state index contributed by atoms with van der Waals surface area (Å²) in [5, 5.41) is 9.32. The molecule has 3 N–H and O–H groups in total. The number of nitrogens with two attached hydrogens (primary N) is 1. The van der Waals surface area contributed by atoms with Crippen molar-refractivity contribution in [1.29, 1.82) is 0 Å². The fourth-order valence-corrected chi connectivity index (χ4v) is 2.51. The van der Waals surface area contributed by atoms with E-state index in [9.17, 15) is 14.7 Å². The van der Waals surface area contributed by atoms with E-state index in [0.717, 1.165) is 0 Å². The zero-order valence-electron chi connectivity index (χ0n) is 10.9. The van der Waals surface area contributed by atoms with E-state index in [0.29, 0.717) is 30.6 Å². The second-order valence-corrected chi connectivity index (χ2v) is 5.04. The second-order valence-electron chi connectivity index (χ2n) is 5.04. The quantitative estimate of drug-likeness (QED) is 0.810. The highest BCUT2D eigenvalue weighted by Crippen LogP contribution is 2.34. The predicted octanol–water partition coefficient (Wildman–Crippen LogP) is 1.60. The van der Waals surface area contributed by atoms with Gasteiger partial charge >= 0.3 is 5.97 Å². The van der Waals surface area contributed by atoms with E-state index >= 15 is 0 Å². The monoisotopic (exact) mass is 262 g/mol. The molecular weight excluding hydrogens is 244 g/mol. The smallest absolute Gasteiger partial charge is 0.311 e. The van der Waals surface area contributed by atoms with Gasteiger partial charge < -0.3 is 15.7 Å². The summed E-state index contributed by atoms with van der Waals surface area (Å²) in [4.78, 5) is 25.3. The Labute approximate surface area is 112 Å². The van der Waals surface area contributed by atoms with E-state index in [1.54, 1.807) is 29.2 Å². The van der Waals surface area contributed by atoms with Gasteiger partial charge in [0.05, 0.1) is 5.41 Å². The van der Waals surface area contributed by atoms with E-state index in [4.69, 9.17) is 5.73 Å². The first kappa shape index (κ1) is 13.4. The molecule has 19 heavy (non-hydrogen) atoms. The van der Waals surface area contributed by atoms with Gasteiger partial charge in [0.15, 0.2) is 0 Å². The average molecular weight is 262 g/mol. The van der Waals surface area contributed by atoms with Crippen molar-refractivity contribution in [3.8, 4) is 0 Å². The van der Waals surface area contributed by atoms with Gasteiger partial charge in [-0.15, -0.1) is 0 Å². The fourth-order valence-electron chi connectivity index (χ4n) is 2.51. The molecule has 1 aliphatic rings. The molecule has 0 saturated carbocycles. The van der Waals surface area contributed by atoms with Crippen LogP contribution in [0.5, 0.6) is 0 Å². The van der Waals surface area contributed by atoms with E-state index in [2.05, 4.69) is 0 Å². The lowest BCUT2D eigenvalue weighted by molar-refractivity contribution is -0.148. The van der Waals surface area contributed by atoms with Crippen LogP contribution in [-0.4, -0.2) is 35.0 Å². The minimum Gasteiger partial charge on any atom is -0.481 e. The molecule has 2 rings (SSSR count). The largest absolute Gasteiger partial charge is 0.481 e. The fraction of sp³-hybridized carbons (Fsp3) is 0.429. The predicted molar refractivity (Wildman–Crippen MR) is 71.7 cm³/mol. The van der Waals surface area contributed by atoms with E-state index in [1.165, 1.54) is 0 Å². The molecule has 1 aliphatic heterocycles. The van der Waals surface area contributed by atoms with Crippen LogP contribution in [-0.2, 0) is 4.79 Å².